The van der Waals surface area contributed by atoms with Crippen LogP contribution in [0.25, 0.3) is 22.5 Å². The van der Waals surface area contributed by atoms with Gasteiger partial charge in [-0.05, 0) is 60.9 Å². The minimum absolute atomic E-state index is 0.0715. The number of nitrogens with zero attached hydrogens (tertiary/aromatic N) is 3. The molecule has 178 valence electrons. The van der Waals surface area contributed by atoms with Crippen molar-refractivity contribution in [2.45, 2.75) is 70.7 Å². The molecule has 0 unspecified atom stereocenters. The van der Waals surface area contributed by atoms with Crippen LogP contribution < -0.4 is 10.1 Å². The number of alkyl halides is 3. The second-order valence-electron chi connectivity index (χ2n) is 9.57. The number of benzene rings is 1. The molecule has 10 heteroatoms. The molecular weight excluding hydrogens is 437 g/mol. The zero-order valence-electron chi connectivity index (χ0n) is 19.0. The molecule has 2 atom stereocenters. The maximum absolute atomic E-state index is 12.7. The van der Waals surface area contributed by atoms with Gasteiger partial charge in [-0.3, -0.25) is 0 Å². The van der Waals surface area contributed by atoms with Crippen molar-refractivity contribution >= 4 is 16.9 Å². The van der Waals surface area contributed by atoms with Gasteiger partial charge in [0.25, 0.3) is 5.89 Å². The standard InChI is InChI=1S/C23H27F3N4O3/c1-12-7-18(20-29-30-21(33-20)27-13-5-6-14(31)8-13)28-19-16(12)9-15(32-11-23(24,25)26)10-17(19)22(2,3)4/h7,9-10,13-14,31H,5-6,8,11H2,1-4H3,(H,27,30)/t13-,14+/m0/s1. The number of pyridine rings is 1. The molecule has 4 rings (SSSR count). The quantitative estimate of drug-likeness (QED) is 0.539. The van der Waals surface area contributed by atoms with E-state index >= 15 is 0 Å². The van der Waals surface area contributed by atoms with Gasteiger partial charge in [0.1, 0.15) is 11.4 Å². The third kappa shape index (κ3) is 5.38. The van der Waals surface area contributed by atoms with Crippen LogP contribution in [0.1, 0.15) is 51.2 Å². The van der Waals surface area contributed by atoms with Crippen molar-refractivity contribution in [3.8, 4) is 17.3 Å². The van der Waals surface area contributed by atoms with Crippen LogP contribution >= 0.6 is 0 Å². The molecule has 1 aliphatic carbocycles. The van der Waals surface area contributed by atoms with Crippen LogP contribution in [-0.4, -0.2) is 45.2 Å². The first-order valence-electron chi connectivity index (χ1n) is 10.8. The van der Waals surface area contributed by atoms with Crippen molar-refractivity contribution in [3.05, 3.63) is 29.3 Å². The lowest BCUT2D eigenvalue weighted by Gasteiger charge is -2.23. The first kappa shape index (κ1) is 23.3. The Morgan fingerprint density at radius 1 is 1.15 bits per heavy atom. The van der Waals surface area contributed by atoms with Gasteiger partial charge in [-0.25, -0.2) is 4.98 Å². The molecule has 7 nitrogen and oxygen atoms in total. The first-order chi connectivity index (χ1) is 15.4. The number of anilines is 1. The lowest BCUT2D eigenvalue weighted by atomic mass is 9.84. The number of hydrogen-bond acceptors (Lipinski definition) is 7. The monoisotopic (exact) mass is 464 g/mol. The van der Waals surface area contributed by atoms with E-state index in [1.165, 1.54) is 0 Å². The summed E-state index contributed by atoms with van der Waals surface area (Å²) < 4.78 is 48.8. The number of fused-ring (bicyclic) bond motifs is 1. The Labute approximate surface area is 189 Å². The van der Waals surface area contributed by atoms with Crippen LogP contribution in [0.3, 0.4) is 0 Å². The fourth-order valence-corrected chi connectivity index (χ4v) is 4.04. The summed E-state index contributed by atoms with van der Waals surface area (Å²) in [6.07, 6.45) is -2.57. The Morgan fingerprint density at radius 2 is 1.91 bits per heavy atom. The van der Waals surface area contributed by atoms with Gasteiger partial charge in [0.05, 0.1) is 11.6 Å². The van der Waals surface area contributed by atoms with E-state index in [1.807, 2.05) is 27.7 Å². The Hall–Kier alpha value is -2.88. The van der Waals surface area contributed by atoms with E-state index in [0.29, 0.717) is 23.0 Å². The SMILES string of the molecule is Cc1cc(-c2nnc(N[C@H]3CC[C@@H](O)C3)o2)nc2c(C(C)(C)C)cc(OCC(F)(F)F)cc12. The van der Waals surface area contributed by atoms with E-state index in [0.717, 1.165) is 24.0 Å². The molecule has 2 aromatic heterocycles. The van der Waals surface area contributed by atoms with Crippen molar-refractivity contribution < 1.29 is 27.4 Å². The van der Waals surface area contributed by atoms with Crippen molar-refractivity contribution in [1.29, 1.82) is 0 Å². The van der Waals surface area contributed by atoms with Gasteiger partial charge < -0.3 is 19.6 Å². The summed E-state index contributed by atoms with van der Waals surface area (Å²) in [5.74, 6) is 0.378. The first-order valence-corrected chi connectivity index (χ1v) is 10.8. The van der Waals surface area contributed by atoms with E-state index in [9.17, 15) is 18.3 Å². The molecule has 33 heavy (non-hydrogen) atoms. The fourth-order valence-electron chi connectivity index (χ4n) is 4.04. The van der Waals surface area contributed by atoms with Crippen LogP contribution in [0, 0.1) is 6.92 Å². The number of hydrogen-bond donors (Lipinski definition) is 2. The van der Waals surface area contributed by atoms with Gasteiger partial charge >= 0.3 is 12.2 Å². The topological polar surface area (TPSA) is 93.3 Å². The lowest BCUT2D eigenvalue weighted by molar-refractivity contribution is -0.153. The minimum atomic E-state index is -4.42. The van der Waals surface area contributed by atoms with Crippen molar-refractivity contribution in [2.75, 3.05) is 11.9 Å². The molecule has 1 aromatic carbocycles. The summed E-state index contributed by atoms with van der Waals surface area (Å²) >= 11 is 0. The molecule has 0 aliphatic heterocycles. The Balaban J connectivity index is 1.70. The molecule has 0 bridgehead atoms. The Bertz CT molecular complexity index is 1150. The van der Waals surface area contributed by atoms with E-state index in [1.54, 1.807) is 18.2 Å². The number of rotatable bonds is 5. The summed E-state index contributed by atoms with van der Waals surface area (Å²) in [5, 5.41) is 21.7. The molecule has 0 spiro atoms. The highest BCUT2D eigenvalue weighted by atomic mass is 19.4. The number of aryl methyl sites for hydroxylation is 1. The lowest BCUT2D eigenvalue weighted by Crippen LogP contribution is -2.20. The summed E-state index contributed by atoms with van der Waals surface area (Å²) in [6, 6.07) is 5.28. The predicted octanol–water partition coefficient (Wildman–Crippen LogP) is 5.16. The zero-order valence-corrected chi connectivity index (χ0v) is 19.0. The van der Waals surface area contributed by atoms with Gasteiger partial charge in [0, 0.05) is 11.4 Å². The summed E-state index contributed by atoms with van der Waals surface area (Å²) in [4.78, 5) is 4.74. The van der Waals surface area contributed by atoms with Crippen molar-refractivity contribution in [3.63, 3.8) is 0 Å². The van der Waals surface area contributed by atoms with E-state index < -0.39 is 18.2 Å². The van der Waals surface area contributed by atoms with E-state index in [-0.39, 0.29) is 29.8 Å². The zero-order chi connectivity index (χ0) is 24.0. The molecule has 0 radical (unpaired) electrons. The largest absolute Gasteiger partial charge is 0.484 e. The highest BCUT2D eigenvalue weighted by molar-refractivity contribution is 5.89. The number of ether oxygens (including phenoxy) is 1. The smallest absolute Gasteiger partial charge is 0.422 e. The second-order valence-corrected chi connectivity index (χ2v) is 9.57. The van der Waals surface area contributed by atoms with Crippen LogP contribution in [0.15, 0.2) is 22.6 Å². The molecule has 0 amide bonds. The number of nitrogens with one attached hydrogen (secondary N) is 1. The Morgan fingerprint density at radius 3 is 2.55 bits per heavy atom. The molecular formula is C23H27F3N4O3. The van der Waals surface area contributed by atoms with E-state index in [2.05, 4.69) is 15.5 Å². The summed E-state index contributed by atoms with van der Waals surface area (Å²) in [7, 11) is 0. The average molecular weight is 464 g/mol. The number of aliphatic hydroxyl groups is 1. The average Bonchev–Trinajstić information content (AvgIpc) is 3.34. The van der Waals surface area contributed by atoms with Gasteiger partial charge in [0.2, 0.25) is 0 Å². The minimum Gasteiger partial charge on any atom is -0.484 e. The number of halogens is 3. The van der Waals surface area contributed by atoms with Gasteiger partial charge in [0.15, 0.2) is 6.61 Å². The van der Waals surface area contributed by atoms with E-state index in [4.69, 9.17) is 14.1 Å². The molecule has 2 heterocycles. The van der Waals surface area contributed by atoms with Crippen LogP contribution in [0.4, 0.5) is 19.2 Å². The maximum Gasteiger partial charge on any atom is 0.422 e. The molecule has 1 saturated carbocycles. The highest BCUT2D eigenvalue weighted by Gasteiger charge is 2.29. The fraction of sp³-hybridized carbons (Fsp3) is 0.522. The van der Waals surface area contributed by atoms with Gasteiger partial charge in [-0.2, -0.15) is 13.2 Å². The summed E-state index contributed by atoms with van der Waals surface area (Å²) in [6.45, 7) is 6.38. The molecule has 3 aromatic rings. The van der Waals surface area contributed by atoms with Crippen LogP contribution in [-0.2, 0) is 5.41 Å². The number of aliphatic hydroxyl groups excluding tert-OH is 1. The number of aromatic nitrogens is 3. The Kier molecular flexibility index (Phi) is 5.98. The third-order valence-corrected chi connectivity index (χ3v) is 5.68. The molecule has 1 aliphatic rings. The van der Waals surface area contributed by atoms with Gasteiger partial charge in [-0.15, -0.1) is 5.10 Å². The maximum atomic E-state index is 12.7. The molecule has 1 fully saturated rings. The summed E-state index contributed by atoms with van der Waals surface area (Å²) in [5.41, 5.74) is 2.26. The third-order valence-electron chi connectivity index (χ3n) is 5.68. The highest BCUT2D eigenvalue weighted by Crippen LogP contribution is 2.36. The normalized spacial score (nSPS) is 19.3. The van der Waals surface area contributed by atoms with Gasteiger partial charge in [-0.1, -0.05) is 25.9 Å². The predicted molar refractivity (Wildman–Crippen MR) is 117 cm³/mol. The van der Waals surface area contributed by atoms with Crippen molar-refractivity contribution in [1.82, 2.24) is 15.2 Å². The molecule has 0 saturated heterocycles. The van der Waals surface area contributed by atoms with Crippen molar-refractivity contribution in [2.24, 2.45) is 0 Å². The molecule has 2 N–H and O–H groups in total. The van der Waals surface area contributed by atoms with Crippen LogP contribution in [0.5, 0.6) is 5.75 Å². The second kappa shape index (κ2) is 8.48. The van der Waals surface area contributed by atoms with Crippen LogP contribution in [0.2, 0.25) is 0 Å².